The number of sulfonamides is 1. The lowest BCUT2D eigenvalue weighted by molar-refractivity contribution is -0.140. The molecule has 2 aromatic rings. The highest BCUT2D eigenvalue weighted by atomic mass is 32.2. The van der Waals surface area contributed by atoms with Gasteiger partial charge in [0.15, 0.2) is 0 Å². The van der Waals surface area contributed by atoms with E-state index in [9.17, 15) is 18.0 Å². The van der Waals surface area contributed by atoms with Crippen LogP contribution in [0.15, 0.2) is 59.5 Å². The number of nitrogens with zero attached hydrogens (tertiary/aromatic N) is 1. The maximum absolute atomic E-state index is 12.9. The number of nitrogens with two attached hydrogens (primary N) is 1. The summed E-state index contributed by atoms with van der Waals surface area (Å²) in [7, 11) is -2.07. The Morgan fingerprint density at radius 1 is 1.11 bits per heavy atom. The molecule has 3 N–H and O–H groups in total. The molecule has 7 nitrogen and oxygen atoms in total. The van der Waals surface area contributed by atoms with Crippen LogP contribution in [0.3, 0.4) is 0 Å². The van der Waals surface area contributed by atoms with Crippen molar-refractivity contribution in [3.05, 3.63) is 60.2 Å². The molecule has 1 saturated heterocycles. The Kier molecular flexibility index (Phi) is 5.29. The Hall–Kier alpha value is -2.71. The predicted molar refractivity (Wildman–Crippen MR) is 101 cm³/mol. The summed E-state index contributed by atoms with van der Waals surface area (Å²) < 4.78 is 22.7. The first-order valence-corrected chi connectivity index (χ1v) is 10.1. The molecule has 3 rings (SSSR count). The fourth-order valence-electron chi connectivity index (χ4n) is 3.38. The van der Waals surface area contributed by atoms with E-state index < -0.39 is 15.9 Å². The van der Waals surface area contributed by atoms with Crippen LogP contribution >= 0.6 is 0 Å². The zero-order valence-electron chi connectivity index (χ0n) is 14.8. The Labute approximate surface area is 158 Å². The number of carbonyl (C=O) groups is 2. The molecular formula is C19H21N3O4S. The highest BCUT2D eigenvalue weighted by molar-refractivity contribution is 7.89. The van der Waals surface area contributed by atoms with Crippen LogP contribution in [0.1, 0.15) is 24.4 Å². The molecule has 0 aliphatic carbocycles. The van der Waals surface area contributed by atoms with Gasteiger partial charge in [0, 0.05) is 19.2 Å². The molecule has 2 aromatic carbocycles. The van der Waals surface area contributed by atoms with Gasteiger partial charge in [0.2, 0.25) is 21.8 Å². The van der Waals surface area contributed by atoms with Gasteiger partial charge >= 0.3 is 0 Å². The number of nitrogens with one attached hydrogen (secondary N) is 1. The van der Waals surface area contributed by atoms with Gasteiger partial charge in [0.1, 0.15) is 0 Å². The van der Waals surface area contributed by atoms with E-state index in [4.69, 9.17) is 5.14 Å². The Bertz CT molecular complexity index is 943. The third-order valence-corrected chi connectivity index (χ3v) is 5.72. The first kappa shape index (κ1) is 19.1. The van der Waals surface area contributed by atoms with Crippen LogP contribution in [-0.4, -0.2) is 32.2 Å². The number of hydrogen-bond donors (Lipinski definition) is 2. The number of amides is 2. The van der Waals surface area contributed by atoms with Crippen molar-refractivity contribution in [2.24, 2.45) is 11.1 Å². The molecule has 1 heterocycles. The van der Waals surface area contributed by atoms with Crippen molar-refractivity contribution in [2.45, 2.75) is 23.8 Å². The van der Waals surface area contributed by atoms with Crippen molar-refractivity contribution < 1.29 is 18.0 Å². The normalized spacial score (nSPS) is 20.4. The van der Waals surface area contributed by atoms with E-state index in [0.717, 1.165) is 5.56 Å². The third kappa shape index (κ3) is 4.17. The number of primary sulfonamides is 1. The molecule has 1 aliphatic heterocycles. The zero-order chi connectivity index (χ0) is 19.6. The van der Waals surface area contributed by atoms with Gasteiger partial charge in [-0.25, -0.2) is 13.6 Å². The van der Waals surface area contributed by atoms with Crippen molar-refractivity contribution in [2.75, 3.05) is 12.4 Å². The van der Waals surface area contributed by atoms with E-state index in [2.05, 4.69) is 5.32 Å². The summed E-state index contributed by atoms with van der Waals surface area (Å²) >= 11 is 0. The maximum Gasteiger partial charge on any atom is 0.238 e. The Morgan fingerprint density at radius 3 is 2.33 bits per heavy atom. The minimum absolute atomic E-state index is 0.00501. The summed E-state index contributed by atoms with van der Waals surface area (Å²) in [5.41, 5.74) is 1.37. The van der Waals surface area contributed by atoms with Gasteiger partial charge in [-0.05, 0) is 36.2 Å². The lowest BCUT2D eigenvalue weighted by Crippen LogP contribution is -2.44. The molecule has 0 bridgehead atoms. The van der Waals surface area contributed by atoms with Crippen LogP contribution in [0.4, 0.5) is 5.69 Å². The highest BCUT2D eigenvalue weighted by Crippen LogP contribution is 2.36. The smallest absolute Gasteiger partial charge is 0.238 e. The highest BCUT2D eigenvalue weighted by Gasteiger charge is 2.38. The van der Waals surface area contributed by atoms with E-state index in [1.807, 2.05) is 30.3 Å². The summed E-state index contributed by atoms with van der Waals surface area (Å²) in [6.45, 7) is 0. The molecule has 2 atom stereocenters. The van der Waals surface area contributed by atoms with Crippen molar-refractivity contribution in [3.63, 3.8) is 0 Å². The number of piperidine rings is 1. The molecule has 2 amide bonds. The first-order chi connectivity index (χ1) is 12.8. The molecule has 1 fully saturated rings. The van der Waals surface area contributed by atoms with Crippen molar-refractivity contribution in [1.82, 2.24) is 4.90 Å². The minimum Gasteiger partial charge on any atom is -0.338 e. The Morgan fingerprint density at radius 2 is 1.74 bits per heavy atom. The van der Waals surface area contributed by atoms with Crippen molar-refractivity contribution >= 4 is 27.5 Å². The largest absolute Gasteiger partial charge is 0.338 e. The second-order valence-corrected chi connectivity index (χ2v) is 8.13. The fraction of sp³-hybridized carbons (Fsp3) is 0.263. The van der Waals surface area contributed by atoms with Crippen LogP contribution in [0.2, 0.25) is 0 Å². The van der Waals surface area contributed by atoms with Gasteiger partial charge in [0.25, 0.3) is 0 Å². The minimum atomic E-state index is -3.78. The molecule has 142 valence electrons. The fourth-order valence-corrected chi connectivity index (χ4v) is 3.90. The van der Waals surface area contributed by atoms with Gasteiger partial charge in [-0.3, -0.25) is 9.59 Å². The molecule has 27 heavy (non-hydrogen) atoms. The summed E-state index contributed by atoms with van der Waals surface area (Å²) in [4.78, 5) is 26.7. The standard InChI is InChI=1S/C19H21N3O4S/c1-22-17(23)12-11-16(18(22)13-5-3-2-4-6-13)19(24)21-14-7-9-15(10-8-14)27(20,25)26/h2-10,16,18H,11-12H2,1H3,(H,21,24)(H2,20,25,26). The number of anilines is 1. The molecule has 0 spiro atoms. The second kappa shape index (κ2) is 7.50. The summed E-state index contributed by atoms with van der Waals surface area (Å²) in [5.74, 6) is -0.620. The lowest BCUT2D eigenvalue weighted by atomic mass is 9.84. The van der Waals surface area contributed by atoms with E-state index in [1.54, 1.807) is 11.9 Å². The number of hydrogen-bond acceptors (Lipinski definition) is 4. The first-order valence-electron chi connectivity index (χ1n) is 8.51. The van der Waals surface area contributed by atoms with Crippen LogP contribution in [0, 0.1) is 5.92 Å². The van der Waals surface area contributed by atoms with E-state index in [0.29, 0.717) is 18.5 Å². The zero-order valence-corrected chi connectivity index (χ0v) is 15.6. The van der Waals surface area contributed by atoms with Crippen molar-refractivity contribution in [1.29, 1.82) is 0 Å². The predicted octanol–water partition coefficient (Wildman–Crippen LogP) is 1.88. The number of likely N-dealkylation sites (tertiary alicyclic amines) is 1. The Balaban J connectivity index is 1.82. The quantitative estimate of drug-likeness (QED) is 0.835. The van der Waals surface area contributed by atoms with E-state index >= 15 is 0 Å². The van der Waals surface area contributed by atoms with Gasteiger partial charge < -0.3 is 10.2 Å². The topological polar surface area (TPSA) is 110 Å². The van der Waals surface area contributed by atoms with Crippen LogP contribution in [0.25, 0.3) is 0 Å². The average molecular weight is 387 g/mol. The lowest BCUT2D eigenvalue weighted by Gasteiger charge is -2.38. The second-order valence-electron chi connectivity index (χ2n) is 6.56. The summed E-state index contributed by atoms with van der Waals surface area (Å²) in [6.07, 6.45) is 0.756. The van der Waals surface area contributed by atoms with Crippen LogP contribution in [0.5, 0.6) is 0 Å². The maximum atomic E-state index is 12.9. The molecular weight excluding hydrogens is 366 g/mol. The van der Waals surface area contributed by atoms with E-state index in [-0.39, 0.29) is 22.8 Å². The number of benzene rings is 2. The van der Waals surface area contributed by atoms with Gasteiger partial charge in [-0.2, -0.15) is 0 Å². The molecule has 2 unspecified atom stereocenters. The van der Waals surface area contributed by atoms with Crippen LogP contribution in [-0.2, 0) is 19.6 Å². The summed E-state index contributed by atoms with van der Waals surface area (Å²) in [5, 5.41) is 7.90. The number of rotatable bonds is 4. The molecule has 0 radical (unpaired) electrons. The molecule has 8 heteroatoms. The molecule has 0 saturated carbocycles. The van der Waals surface area contributed by atoms with Crippen LogP contribution < -0.4 is 10.5 Å². The van der Waals surface area contributed by atoms with Gasteiger partial charge in [-0.15, -0.1) is 0 Å². The van der Waals surface area contributed by atoms with Gasteiger partial charge in [0.05, 0.1) is 16.9 Å². The van der Waals surface area contributed by atoms with E-state index in [1.165, 1.54) is 24.3 Å². The van der Waals surface area contributed by atoms with Gasteiger partial charge in [-0.1, -0.05) is 30.3 Å². The SMILES string of the molecule is CN1C(=O)CCC(C(=O)Nc2ccc(S(N)(=O)=O)cc2)C1c1ccccc1. The third-order valence-electron chi connectivity index (χ3n) is 4.79. The van der Waals surface area contributed by atoms with Crippen molar-refractivity contribution in [3.8, 4) is 0 Å². The monoisotopic (exact) mass is 387 g/mol. The average Bonchev–Trinajstić information content (AvgIpc) is 2.64. The molecule has 1 aliphatic rings. The molecule has 0 aromatic heterocycles. The number of carbonyl (C=O) groups excluding carboxylic acids is 2. The summed E-state index contributed by atoms with van der Waals surface area (Å²) in [6, 6.07) is 14.8.